The predicted octanol–water partition coefficient (Wildman–Crippen LogP) is -1.59. The molecule has 1 heterocycles. The molecule has 78 valence electrons. The number of aliphatic hydroxyl groups excluding tert-OH is 3. The Balaban J connectivity index is 2.66. The van der Waals surface area contributed by atoms with Crippen molar-refractivity contribution in [1.29, 1.82) is 0 Å². The first-order valence-corrected chi connectivity index (χ1v) is 3.91. The van der Waals surface area contributed by atoms with E-state index in [0.29, 0.717) is 0 Å². The molecule has 1 fully saturated rings. The van der Waals surface area contributed by atoms with Crippen LogP contribution in [-0.4, -0.2) is 59.8 Å². The molecule has 1 aliphatic heterocycles. The van der Waals surface area contributed by atoms with Gasteiger partial charge in [-0.1, -0.05) is 0 Å². The van der Waals surface area contributed by atoms with Gasteiger partial charge in [0.25, 0.3) is 0 Å². The van der Waals surface area contributed by atoms with Crippen LogP contribution in [0, 0.1) is 0 Å². The van der Waals surface area contributed by atoms with Crippen molar-refractivity contribution < 1.29 is 29.2 Å². The van der Waals surface area contributed by atoms with Gasteiger partial charge in [0, 0.05) is 7.11 Å². The normalized spacial score (nSPS) is 46.4. The quantitative estimate of drug-likeness (QED) is 0.495. The Morgan fingerprint density at radius 2 is 2.00 bits per heavy atom. The summed E-state index contributed by atoms with van der Waals surface area (Å²) in [6, 6.07) is 0. The highest BCUT2D eigenvalue weighted by atomic mass is 18.2. The smallest absolute Gasteiger partial charge is 0.186 e. The van der Waals surface area contributed by atoms with E-state index in [4.69, 9.17) is 20.1 Å². The van der Waals surface area contributed by atoms with Crippen LogP contribution in [0.4, 0.5) is 4.39 Å². The minimum absolute atomic E-state index is 0.520. The Kier molecular flexibility index (Phi) is 3.57. The molecule has 6 heteroatoms. The van der Waals surface area contributed by atoms with Gasteiger partial charge in [0.05, 0.1) is 6.61 Å². The Morgan fingerprint density at radius 1 is 1.38 bits per heavy atom. The minimum atomic E-state index is -1.86. The molecule has 0 aromatic rings. The van der Waals surface area contributed by atoms with Crippen LogP contribution in [0.1, 0.15) is 0 Å². The van der Waals surface area contributed by atoms with Crippen LogP contribution in [0.3, 0.4) is 0 Å². The van der Waals surface area contributed by atoms with Crippen LogP contribution in [0.15, 0.2) is 0 Å². The second-order valence-corrected chi connectivity index (χ2v) is 2.89. The van der Waals surface area contributed by atoms with E-state index in [0.717, 1.165) is 0 Å². The molecule has 0 amide bonds. The van der Waals surface area contributed by atoms with Gasteiger partial charge < -0.3 is 24.8 Å². The maximum absolute atomic E-state index is 13.1. The zero-order valence-corrected chi connectivity index (χ0v) is 7.13. The second-order valence-electron chi connectivity index (χ2n) is 2.89. The molecule has 1 rings (SSSR count). The molecule has 5 nitrogen and oxygen atoms in total. The van der Waals surface area contributed by atoms with Crippen molar-refractivity contribution in [2.45, 2.75) is 30.8 Å². The van der Waals surface area contributed by atoms with E-state index in [2.05, 4.69) is 4.74 Å². The van der Waals surface area contributed by atoms with Gasteiger partial charge in [0.2, 0.25) is 0 Å². The number of methoxy groups -OCH3 is 1. The lowest BCUT2D eigenvalue weighted by Gasteiger charge is -2.37. The summed E-state index contributed by atoms with van der Waals surface area (Å²) in [6.45, 7) is -0.520. The number of alkyl halides is 1. The Bertz CT molecular complexity index is 147. The van der Waals surface area contributed by atoms with E-state index in [1.165, 1.54) is 7.11 Å². The Morgan fingerprint density at radius 3 is 2.46 bits per heavy atom. The number of ether oxygens (including phenoxy) is 2. The van der Waals surface area contributed by atoms with Crippen molar-refractivity contribution >= 4 is 0 Å². The number of hydrogen-bond acceptors (Lipinski definition) is 5. The monoisotopic (exact) mass is 195 g/mol. The zero-order chi connectivity index (χ0) is 10.0. The molecule has 0 aromatic carbocycles. The van der Waals surface area contributed by atoms with Crippen molar-refractivity contribution in [3.05, 3.63) is 0 Å². The fraction of sp³-hybridized carbons (Fsp3) is 1.00. The van der Waals surface area contributed by atoms with Crippen molar-refractivity contribution in [2.24, 2.45) is 0 Å². The highest BCUT2D eigenvalue weighted by molar-refractivity contribution is 4.88. The lowest BCUT2D eigenvalue weighted by Crippen LogP contribution is -2.57. The standard InChI is InChI=1S/C7H13FO5/c1-12-7-6(11)4(8)5(10)3(2-9)13-7/h3-7,9-11H,2H2,1H3/t3-,4+,5+,6-,7?/m1/s1/i8-1. The summed E-state index contributed by atoms with van der Waals surface area (Å²) in [6.07, 6.45) is -7.11. The van der Waals surface area contributed by atoms with E-state index >= 15 is 0 Å². The second kappa shape index (κ2) is 4.30. The predicted molar refractivity (Wildman–Crippen MR) is 39.7 cm³/mol. The largest absolute Gasteiger partial charge is 0.394 e. The van der Waals surface area contributed by atoms with Crippen molar-refractivity contribution in [3.8, 4) is 0 Å². The Labute approximate surface area is 74.7 Å². The lowest BCUT2D eigenvalue weighted by molar-refractivity contribution is -0.283. The van der Waals surface area contributed by atoms with Gasteiger partial charge in [0.15, 0.2) is 12.5 Å². The minimum Gasteiger partial charge on any atom is -0.394 e. The number of hydrogen-bond donors (Lipinski definition) is 3. The van der Waals surface area contributed by atoms with Gasteiger partial charge in [0.1, 0.15) is 18.3 Å². The van der Waals surface area contributed by atoms with Gasteiger partial charge in [-0.3, -0.25) is 0 Å². The summed E-state index contributed by atoms with van der Waals surface area (Å²) >= 11 is 0. The van der Waals surface area contributed by atoms with E-state index in [1.54, 1.807) is 0 Å². The van der Waals surface area contributed by atoms with Crippen LogP contribution in [0.25, 0.3) is 0 Å². The summed E-state index contributed by atoms with van der Waals surface area (Å²) < 4.78 is 22.6. The van der Waals surface area contributed by atoms with Crippen molar-refractivity contribution in [1.82, 2.24) is 0 Å². The fourth-order valence-corrected chi connectivity index (χ4v) is 1.24. The number of halogens is 1. The molecule has 1 aliphatic rings. The summed E-state index contributed by atoms with van der Waals surface area (Å²) in [5.41, 5.74) is 0. The highest BCUT2D eigenvalue weighted by Gasteiger charge is 2.44. The molecule has 0 spiro atoms. The molecule has 1 unspecified atom stereocenters. The maximum Gasteiger partial charge on any atom is 0.186 e. The summed E-state index contributed by atoms with van der Waals surface area (Å²) in [5.74, 6) is 0. The fourth-order valence-electron chi connectivity index (χ4n) is 1.24. The first kappa shape index (κ1) is 10.8. The van der Waals surface area contributed by atoms with Gasteiger partial charge in [-0.2, -0.15) is 0 Å². The average Bonchev–Trinajstić information content (AvgIpc) is 2.15. The lowest BCUT2D eigenvalue weighted by atomic mass is 10.0. The van der Waals surface area contributed by atoms with Crippen LogP contribution in [0.5, 0.6) is 0 Å². The van der Waals surface area contributed by atoms with Crippen LogP contribution in [0.2, 0.25) is 0 Å². The van der Waals surface area contributed by atoms with Crippen LogP contribution in [-0.2, 0) is 9.47 Å². The summed E-state index contributed by atoms with van der Waals surface area (Å²) in [4.78, 5) is 0. The van der Waals surface area contributed by atoms with Gasteiger partial charge in [-0.25, -0.2) is 4.39 Å². The molecule has 0 bridgehead atoms. The maximum atomic E-state index is 13.1. The molecule has 1 saturated heterocycles. The van der Waals surface area contributed by atoms with Gasteiger partial charge in [-0.05, 0) is 0 Å². The Hall–Kier alpha value is -0.270. The van der Waals surface area contributed by atoms with Crippen molar-refractivity contribution in [3.63, 3.8) is 0 Å². The molecule has 0 saturated carbocycles. The van der Waals surface area contributed by atoms with E-state index < -0.39 is 37.4 Å². The average molecular weight is 195 g/mol. The molecular weight excluding hydrogens is 182 g/mol. The van der Waals surface area contributed by atoms with Gasteiger partial charge in [-0.15, -0.1) is 0 Å². The molecule has 0 aliphatic carbocycles. The SMILES string of the molecule is COC1O[C@H](CO)[C@H](O)[C@H]([18F])[C@H]1O. The topological polar surface area (TPSA) is 79.2 Å². The molecule has 0 radical (unpaired) electrons. The molecule has 13 heavy (non-hydrogen) atoms. The summed E-state index contributed by atoms with van der Waals surface area (Å²) in [5, 5.41) is 27.0. The van der Waals surface area contributed by atoms with E-state index in [1.807, 2.05) is 0 Å². The summed E-state index contributed by atoms with van der Waals surface area (Å²) in [7, 11) is 1.24. The first-order chi connectivity index (χ1) is 6.11. The molecule has 0 aromatic heterocycles. The van der Waals surface area contributed by atoms with Crippen LogP contribution < -0.4 is 0 Å². The van der Waals surface area contributed by atoms with Gasteiger partial charge >= 0.3 is 0 Å². The van der Waals surface area contributed by atoms with E-state index in [-0.39, 0.29) is 0 Å². The van der Waals surface area contributed by atoms with E-state index in [9.17, 15) is 4.39 Å². The number of aliphatic hydroxyl groups is 3. The number of rotatable bonds is 2. The van der Waals surface area contributed by atoms with Crippen LogP contribution >= 0.6 is 0 Å². The molecule has 5 atom stereocenters. The molecule has 3 N–H and O–H groups in total. The zero-order valence-electron chi connectivity index (χ0n) is 7.13. The molecular formula is C7H13FO5. The third kappa shape index (κ3) is 1.97. The highest BCUT2D eigenvalue weighted by Crippen LogP contribution is 2.23. The first-order valence-electron chi connectivity index (χ1n) is 3.91. The third-order valence-corrected chi connectivity index (χ3v) is 2.03. The van der Waals surface area contributed by atoms with Crippen molar-refractivity contribution in [2.75, 3.05) is 13.7 Å². The third-order valence-electron chi connectivity index (χ3n) is 2.03.